The molecule has 0 bridgehead atoms. The Kier molecular flexibility index (Phi) is 8.67. The number of nitrogens with one attached hydrogen (secondary N) is 2. The van der Waals surface area contributed by atoms with Crippen LogP contribution in [-0.4, -0.2) is 35.5 Å². The monoisotopic (exact) mass is 419 g/mol. The highest BCUT2D eigenvalue weighted by Crippen LogP contribution is 2.17. The van der Waals surface area contributed by atoms with Crippen LogP contribution in [0.1, 0.15) is 37.6 Å². The molecule has 3 rings (SSSR count). The van der Waals surface area contributed by atoms with Crippen LogP contribution in [-0.2, 0) is 19.6 Å². The molecule has 0 spiro atoms. The molecule has 0 unspecified atom stereocenters. The van der Waals surface area contributed by atoms with E-state index in [0.717, 1.165) is 43.4 Å². The third-order valence-electron chi connectivity index (χ3n) is 5.10. The van der Waals surface area contributed by atoms with Gasteiger partial charge in [0.05, 0.1) is 18.8 Å². The first-order valence-electron chi connectivity index (χ1n) is 11.0. The number of hydrogen-bond acceptors (Lipinski definition) is 4. The highest BCUT2D eigenvalue weighted by Gasteiger charge is 2.07. The minimum absolute atomic E-state index is 0.547. The molecule has 0 amide bonds. The Morgan fingerprint density at radius 1 is 0.935 bits per heavy atom. The summed E-state index contributed by atoms with van der Waals surface area (Å²) in [6, 6.07) is 18.6. The zero-order valence-corrected chi connectivity index (χ0v) is 18.8. The maximum absolute atomic E-state index is 5.61. The lowest BCUT2D eigenvalue weighted by Gasteiger charge is -2.18. The minimum Gasteiger partial charge on any atom is -0.444 e. The molecular formula is C25H33N5O. The van der Waals surface area contributed by atoms with Crippen LogP contribution in [0.4, 0.5) is 0 Å². The van der Waals surface area contributed by atoms with E-state index in [9.17, 15) is 0 Å². The van der Waals surface area contributed by atoms with E-state index in [1.807, 2.05) is 30.3 Å². The van der Waals surface area contributed by atoms with Gasteiger partial charge in [-0.1, -0.05) is 56.3 Å². The molecule has 164 valence electrons. The molecule has 0 aliphatic heterocycles. The Labute approximate surface area is 185 Å². The smallest absolute Gasteiger partial charge is 0.226 e. The van der Waals surface area contributed by atoms with Crippen LogP contribution in [0.2, 0.25) is 0 Å². The van der Waals surface area contributed by atoms with E-state index in [1.54, 1.807) is 6.26 Å². The Morgan fingerprint density at radius 3 is 2.32 bits per heavy atom. The molecule has 1 heterocycles. The van der Waals surface area contributed by atoms with E-state index in [1.165, 1.54) is 11.1 Å². The predicted molar refractivity (Wildman–Crippen MR) is 127 cm³/mol. The van der Waals surface area contributed by atoms with Gasteiger partial charge < -0.3 is 15.1 Å². The maximum atomic E-state index is 5.61. The van der Waals surface area contributed by atoms with Crippen molar-refractivity contribution in [3.63, 3.8) is 0 Å². The molecule has 0 radical (unpaired) electrons. The standard InChI is InChI=1S/C25H33N5O/c1-4-26-25(27-16-20-12-14-21(15-13-20)18-30(5-2)6-3)28-17-23-19-31-24(29-23)22-10-8-7-9-11-22/h7-15,19H,4-6,16-18H2,1-3H3,(H2,26,27,28). The average molecular weight is 420 g/mol. The first kappa shape index (κ1) is 22.6. The quantitative estimate of drug-likeness (QED) is 0.376. The number of guanidine groups is 1. The van der Waals surface area contributed by atoms with E-state index in [0.29, 0.717) is 19.0 Å². The van der Waals surface area contributed by atoms with Crippen molar-refractivity contribution in [2.24, 2.45) is 4.99 Å². The van der Waals surface area contributed by atoms with Gasteiger partial charge >= 0.3 is 0 Å². The number of rotatable bonds is 10. The fourth-order valence-corrected chi connectivity index (χ4v) is 3.24. The summed E-state index contributed by atoms with van der Waals surface area (Å²) in [5.74, 6) is 1.39. The normalized spacial score (nSPS) is 11.7. The molecule has 3 aromatic rings. The first-order valence-corrected chi connectivity index (χ1v) is 11.0. The van der Waals surface area contributed by atoms with Gasteiger partial charge in [-0.15, -0.1) is 0 Å². The summed E-state index contributed by atoms with van der Waals surface area (Å²) in [7, 11) is 0. The van der Waals surface area contributed by atoms with Gasteiger partial charge in [-0.25, -0.2) is 9.98 Å². The summed E-state index contributed by atoms with van der Waals surface area (Å²) >= 11 is 0. The molecule has 0 saturated heterocycles. The lowest BCUT2D eigenvalue weighted by Crippen LogP contribution is -2.36. The molecule has 2 N–H and O–H groups in total. The minimum atomic E-state index is 0.547. The summed E-state index contributed by atoms with van der Waals surface area (Å²) in [5, 5.41) is 6.62. The van der Waals surface area contributed by atoms with Crippen LogP contribution in [0.15, 0.2) is 70.3 Å². The van der Waals surface area contributed by atoms with E-state index in [2.05, 4.69) is 65.6 Å². The van der Waals surface area contributed by atoms with Crippen molar-refractivity contribution < 1.29 is 4.42 Å². The number of aromatic nitrogens is 1. The van der Waals surface area contributed by atoms with Gasteiger partial charge in [0.25, 0.3) is 0 Å². The number of hydrogen-bond donors (Lipinski definition) is 2. The van der Waals surface area contributed by atoms with Crippen molar-refractivity contribution >= 4 is 5.96 Å². The number of nitrogens with zero attached hydrogens (tertiary/aromatic N) is 3. The molecule has 0 aliphatic carbocycles. The molecule has 6 heteroatoms. The molecule has 2 aromatic carbocycles. The van der Waals surface area contributed by atoms with E-state index >= 15 is 0 Å². The highest BCUT2D eigenvalue weighted by atomic mass is 16.3. The molecule has 0 fully saturated rings. The van der Waals surface area contributed by atoms with Gasteiger partial charge in [0.2, 0.25) is 5.89 Å². The zero-order valence-electron chi connectivity index (χ0n) is 18.8. The second-order valence-electron chi connectivity index (χ2n) is 7.34. The first-order chi connectivity index (χ1) is 15.2. The molecular weight excluding hydrogens is 386 g/mol. The number of benzene rings is 2. The van der Waals surface area contributed by atoms with Crippen molar-refractivity contribution in [3.05, 3.63) is 77.7 Å². The predicted octanol–water partition coefficient (Wildman–Crippen LogP) is 4.44. The molecule has 0 aliphatic rings. The van der Waals surface area contributed by atoms with Crippen LogP contribution >= 0.6 is 0 Å². The summed E-state index contributed by atoms with van der Waals surface area (Å²) in [6.07, 6.45) is 1.69. The van der Waals surface area contributed by atoms with Crippen molar-refractivity contribution in [2.75, 3.05) is 19.6 Å². The molecule has 31 heavy (non-hydrogen) atoms. The fraction of sp³-hybridized carbons (Fsp3) is 0.360. The topological polar surface area (TPSA) is 65.7 Å². The Bertz CT molecular complexity index is 930. The summed E-state index contributed by atoms with van der Waals surface area (Å²) in [6.45, 7) is 11.5. The third kappa shape index (κ3) is 6.96. The van der Waals surface area contributed by atoms with Crippen LogP contribution in [0.3, 0.4) is 0 Å². The molecule has 0 saturated carbocycles. The van der Waals surface area contributed by atoms with E-state index in [-0.39, 0.29) is 0 Å². The summed E-state index contributed by atoms with van der Waals surface area (Å²) < 4.78 is 5.61. The van der Waals surface area contributed by atoms with Gasteiger partial charge in [0.15, 0.2) is 5.96 Å². The zero-order chi connectivity index (χ0) is 21.9. The lowest BCUT2D eigenvalue weighted by molar-refractivity contribution is 0.296. The van der Waals surface area contributed by atoms with E-state index < -0.39 is 0 Å². The average Bonchev–Trinajstić information content (AvgIpc) is 3.30. The Morgan fingerprint density at radius 2 is 1.65 bits per heavy atom. The van der Waals surface area contributed by atoms with Crippen molar-refractivity contribution in [2.45, 2.75) is 40.4 Å². The highest BCUT2D eigenvalue weighted by molar-refractivity contribution is 5.79. The Hall–Kier alpha value is -3.12. The largest absolute Gasteiger partial charge is 0.444 e. The van der Waals surface area contributed by atoms with Gasteiger partial charge in [0, 0.05) is 18.7 Å². The molecule has 1 aromatic heterocycles. The number of oxazole rings is 1. The van der Waals surface area contributed by atoms with E-state index in [4.69, 9.17) is 9.41 Å². The van der Waals surface area contributed by atoms with Gasteiger partial charge in [0.1, 0.15) is 6.26 Å². The maximum Gasteiger partial charge on any atom is 0.226 e. The van der Waals surface area contributed by atoms with Crippen LogP contribution in [0.5, 0.6) is 0 Å². The second-order valence-corrected chi connectivity index (χ2v) is 7.34. The van der Waals surface area contributed by atoms with Crippen LogP contribution in [0.25, 0.3) is 11.5 Å². The fourth-order valence-electron chi connectivity index (χ4n) is 3.24. The molecule has 6 nitrogen and oxygen atoms in total. The third-order valence-corrected chi connectivity index (χ3v) is 5.10. The molecule has 0 atom stereocenters. The van der Waals surface area contributed by atoms with Gasteiger partial charge in [-0.2, -0.15) is 0 Å². The lowest BCUT2D eigenvalue weighted by atomic mass is 10.1. The summed E-state index contributed by atoms with van der Waals surface area (Å²) in [4.78, 5) is 11.7. The van der Waals surface area contributed by atoms with Gasteiger partial charge in [-0.05, 0) is 43.3 Å². The second kappa shape index (κ2) is 11.9. The van der Waals surface area contributed by atoms with Crippen LogP contribution < -0.4 is 10.6 Å². The number of aliphatic imine (C=N–C) groups is 1. The van der Waals surface area contributed by atoms with Crippen molar-refractivity contribution in [3.8, 4) is 11.5 Å². The SMILES string of the molecule is CCNC(=NCc1ccc(CN(CC)CC)cc1)NCc1coc(-c2ccccc2)n1. The van der Waals surface area contributed by atoms with Crippen molar-refractivity contribution in [1.29, 1.82) is 0 Å². The van der Waals surface area contributed by atoms with Gasteiger partial charge in [-0.3, -0.25) is 4.90 Å². The summed E-state index contributed by atoms with van der Waals surface area (Å²) in [5.41, 5.74) is 4.33. The van der Waals surface area contributed by atoms with Crippen molar-refractivity contribution in [1.82, 2.24) is 20.5 Å². The van der Waals surface area contributed by atoms with Crippen LogP contribution in [0, 0.1) is 0 Å². The Balaban J connectivity index is 1.56.